The second-order valence-corrected chi connectivity index (χ2v) is 9.76. The normalized spacial score (nSPS) is 15.0. The van der Waals surface area contributed by atoms with Crippen LogP contribution in [0.15, 0.2) is 35.2 Å². The molecule has 3 rings (SSSR count). The lowest BCUT2D eigenvalue weighted by Gasteiger charge is -2.27. The maximum Gasteiger partial charge on any atom is 0.307 e. The van der Waals surface area contributed by atoms with Crippen LogP contribution in [0.5, 0.6) is 17.2 Å². The van der Waals surface area contributed by atoms with Crippen molar-refractivity contribution in [1.29, 1.82) is 0 Å². The van der Waals surface area contributed by atoms with E-state index in [0.717, 1.165) is 6.07 Å². The van der Waals surface area contributed by atoms with Crippen LogP contribution in [-0.4, -0.2) is 54.0 Å². The van der Waals surface area contributed by atoms with Gasteiger partial charge in [-0.15, -0.1) is 0 Å². The van der Waals surface area contributed by atoms with Gasteiger partial charge in [0.15, 0.2) is 0 Å². The molecule has 0 aromatic heterocycles. The molecule has 0 aliphatic carbocycles. The second-order valence-electron chi connectivity index (χ2n) is 7.13. The summed E-state index contributed by atoms with van der Waals surface area (Å²) in [5, 5.41) is 1.93. The monoisotopic (exact) mass is 513 g/mol. The van der Waals surface area contributed by atoms with E-state index in [2.05, 4.69) is 10.0 Å². The first-order valence-corrected chi connectivity index (χ1v) is 12.4. The smallest absolute Gasteiger partial charge is 0.307 e. The average molecular weight is 514 g/mol. The third kappa shape index (κ3) is 5.72. The molecule has 184 valence electrons. The van der Waals surface area contributed by atoms with Crippen molar-refractivity contribution < 1.29 is 36.6 Å². The average Bonchev–Trinajstić information content (AvgIpc) is 2.81. The first kappa shape index (κ1) is 25.6. The molecule has 1 atom stereocenters. The van der Waals surface area contributed by atoms with Gasteiger partial charge in [0.05, 0.1) is 26.4 Å². The number of hydrogen-bond donors (Lipinski definition) is 3. The minimum atomic E-state index is -4.26. The molecule has 0 radical (unpaired) electrons. The number of sulfonamides is 1. The zero-order chi connectivity index (χ0) is 24.9. The second kappa shape index (κ2) is 10.9. The van der Waals surface area contributed by atoms with Crippen molar-refractivity contribution >= 4 is 33.1 Å². The Hall–Kier alpha value is -3.03. The third-order valence-electron chi connectivity index (χ3n) is 5.08. The number of fused-ring (bicyclic) bond motifs is 1. The molecule has 1 heterocycles. The summed E-state index contributed by atoms with van der Waals surface area (Å²) >= 11 is 0.580. The van der Waals surface area contributed by atoms with Gasteiger partial charge in [-0.3, -0.25) is 14.3 Å². The van der Waals surface area contributed by atoms with E-state index in [0.29, 0.717) is 36.3 Å². The van der Waals surface area contributed by atoms with Crippen LogP contribution >= 0.6 is 11.9 Å². The molecule has 3 N–H and O–H groups in total. The number of carbonyl (C=O) groups excluding carboxylic acids is 2. The highest BCUT2D eigenvalue weighted by Crippen LogP contribution is 2.40. The van der Waals surface area contributed by atoms with Gasteiger partial charge >= 0.3 is 5.24 Å². The van der Waals surface area contributed by atoms with Gasteiger partial charge < -0.3 is 19.5 Å². The molecule has 1 unspecified atom stereocenters. The number of nitrogens with one attached hydrogen (secondary N) is 3. The molecule has 34 heavy (non-hydrogen) atoms. The highest BCUT2D eigenvalue weighted by Gasteiger charge is 2.30. The Bertz CT molecular complexity index is 1190. The predicted octanol–water partition coefficient (Wildman–Crippen LogP) is 2.40. The van der Waals surface area contributed by atoms with E-state index >= 15 is 0 Å². The minimum absolute atomic E-state index is 0.00249. The molecule has 0 saturated carbocycles. The van der Waals surface area contributed by atoms with Crippen molar-refractivity contribution in [2.75, 3.05) is 34.4 Å². The molecule has 0 saturated heterocycles. The van der Waals surface area contributed by atoms with Crippen molar-refractivity contribution in [3.8, 4) is 17.2 Å². The van der Waals surface area contributed by atoms with E-state index in [4.69, 9.17) is 14.2 Å². The van der Waals surface area contributed by atoms with E-state index in [1.165, 1.54) is 45.5 Å². The first-order chi connectivity index (χ1) is 16.2. The minimum Gasteiger partial charge on any atom is -0.496 e. The van der Waals surface area contributed by atoms with Gasteiger partial charge in [0.2, 0.25) is 0 Å². The largest absolute Gasteiger partial charge is 0.496 e. The Morgan fingerprint density at radius 3 is 2.59 bits per heavy atom. The van der Waals surface area contributed by atoms with Gasteiger partial charge in [-0.05, 0) is 37.7 Å². The summed E-state index contributed by atoms with van der Waals surface area (Å²) in [6.07, 6.45) is 0.487. The molecular formula is C21H24FN3O7S2. The topological polar surface area (TPSA) is 132 Å². The number of rotatable bonds is 8. The van der Waals surface area contributed by atoms with E-state index in [-0.39, 0.29) is 34.4 Å². The summed E-state index contributed by atoms with van der Waals surface area (Å²) in [5.41, 5.74) is 0.560. The number of amides is 2. The van der Waals surface area contributed by atoms with Crippen LogP contribution in [0.1, 0.15) is 28.3 Å². The Morgan fingerprint density at radius 1 is 1.18 bits per heavy atom. The summed E-state index contributed by atoms with van der Waals surface area (Å²) in [4.78, 5) is 24.3. The summed E-state index contributed by atoms with van der Waals surface area (Å²) in [5.74, 6) is -0.804. The van der Waals surface area contributed by atoms with Crippen LogP contribution < -0.4 is 29.0 Å². The van der Waals surface area contributed by atoms with Crippen molar-refractivity contribution in [2.45, 2.75) is 17.2 Å². The van der Waals surface area contributed by atoms with Crippen molar-refractivity contribution in [2.24, 2.45) is 0 Å². The van der Waals surface area contributed by atoms with Gasteiger partial charge in [0, 0.05) is 36.0 Å². The fourth-order valence-corrected chi connectivity index (χ4v) is 5.20. The Morgan fingerprint density at radius 2 is 1.91 bits per heavy atom. The van der Waals surface area contributed by atoms with Crippen LogP contribution in [0.4, 0.5) is 9.18 Å². The van der Waals surface area contributed by atoms with E-state index in [9.17, 15) is 22.4 Å². The van der Waals surface area contributed by atoms with Gasteiger partial charge in [-0.1, -0.05) is 0 Å². The summed E-state index contributed by atoms with van der Waals surface area (Å²) in [6.45, 7) is 0.463. The molecule has 1 aliphatic rings. The van der Waals surface area contributed by atoms with Crippen molar-refractivity contribution in [3.05, 3.63) is 47.3 Å². The first-order valence-electron chi connectivity index (χ1n) is 10.1. The highest BCUT2D eigenvalue weighted by atomic mass is 32.2. The number of carbonyl (C=O) groups is 2. The lowest BCUT2D eigenvalue weighted by Crippen LogP contribution is -2.32. The van der Waals surface area contributed by atoms with Crippen LogP contribution in [0, 0.1) is 5.82 Å². The summed E-state index contributed by atoms with van der Waals surface area (Å²) < 4.78 is 59.8. The Kier molecular flexibility index (Phi) is 8.23. The fraction of sp³-hybridized carbons (Fsp3) is 0.333. The zero-order valence-electron chi connectivity index (χ0n) is 18.6. The molecule has 0 fully saturated rings. The van der Waals surface area contributed by atoms with E-state index in [1.54, 1.807) is 0 Å². The molecule has 2 amide bonds. The van der Waals surface area contributed by atoms with E-state index < -0.39 is 27.0 Å². The molecule has 13 heteroatoms. The maximum atomic E-state index is 13.6. The lowest BCUT2D eigenvalue weighted by atomic mass is 9.92. The van der Waals surface area contributed by atoms with Gasteiger partial charge in [0.25, 0.3) is 15.9 Å². The predicted molar refractivity (Wildman–Crippen MR) is 124 cm³/mol. The zero-order valence-corrected chi connectivity index (χ0v) is 20.3. The summed E-state index contributed by atoms with van der Waals surface area (Å²) in [7, 11) is -0.0974. The van der Waals surface area contributed by atoms with Crippen molar-refractivity contribution in [3.63, 3.8) is 0 Å². The quantitative estimate of drug-likeness (QED) is 0.455. The molecule has 10 nitrogen and oxygen atoms in total. The Balaban J connectivity index is 1.88. The maximum absolute atomic E-state index is 13.6. The Labute approximate surface area is 200 Å². The number of hydrogen-bond acceptors (Lipinski definition) is 9. The molecule has 2 aromatic rings. The van der Waals surface area contributed by atoms with Crippen LogP contribution in [0.25, 0.3) is 0 Å². The number of methoxy groups -OCH3 is 2. The van der Waals surface area contributed by atoms with Crippen molar-refractivity contribution in [1.82, 2.24) is 14.8 Å². The van der Waals surface area contributed by atoms with Crippen LogP contribution in [-0.2, 0) is 10.0 Å². The number of benzene rings is 2. The van der Waals surface area contributed by atoms with Crippen LogP contribution in [0.3, 0.4) is 0 Å². The van der Waals surface area contributed by atoms with Crippen LogP contribution in [0.2, 0.25) is 0 Å². The SMILES string of the molecule is CNSC(=O)NS(=O)(=O)c1cc2c(cc1OC)OCCC2CNC(=O)c1cc(F)ccc1OC. The highest BCUT2D eigenvalue weighted by molar-refractivity contribution is 8.13. The molecule has 0 spiro atoms. The third-order valence-corrected chi connectivity index (χ3v) is 7.05. The summed E-state index contributed by atoms with van der Waals surface area (Å²) in [6, 6.07) is 6.43. The molecule has 1 aliphatic heterocycles. The van der Waals surface area contributed by atoms with E-state index in [1.807, 2.05) is 4.72 Å². The van der Waals surface area contributed by atoms with Gasteiger partial charge in [-0.2, -0.15) is 0 Å². The van der Waals surface area contributed by atoms with Gasteiger partial charge in [-0.25, -0.2) is 17.5 Å². The lowest BCUT2D eigenvalue weighted by molar-refractivity contribution is 0.0944. The molecule has 0 bridgehead atoms. The molecule has 2 aromatic carbocycles. The van der Waals surface area contributed by atoms with Gasteiger partial charge in [0.1, 0.15) is 28.0 Å². The fourth-order valence-electron chi connectivity index (χ4n) is 3.50. The number of halogens is 1. The standard InChI is InChI=1S/C21H24FN3O7S2/c1-23-33-21(27)25-34(28,29)19-9-14-12(6-7-32-17(14)10-18(19)31-3)11-24-20(26)15-8-13(22)4-5-16(15)30-2/h4-5,8-10,12,23H,6-7,11H2,1-3H3,(H,24,26)(H,25,27). The number of ether oxygens (including phenoxy) is 3. The molecular weight excluding hydrogens is 489 g/mol.